The van der Waals surface area contributed by atoms with E-state index in [0.717, 1.165) is 12.0 Å². The second kappa shape index (κ2) is 6.40. The minimum absolute atomic E-state index is 0.0600. The maximum Gasteiger partial charge on any atom is 0.230 e. The van der Waals surface area contributed by atoms with Crippen LogP contribution in [0.5, 0.6) is 0 Å². The predicted molar refractivity (Wildman–Crippen MR) is 70.8 cm³/mol. The topological polar surface area (TPSA) is 46.3 Å². The van der Waals surface area contributed by atoms with E-state index < -0.39 is 0 Å². The first kappa shape index (κ1) is 13.7. The van der Waals surface area contributed by atoms with Gasteiger partial charge in [0.2, 0.25) is 5.91 Å². The smallest absolute Gasteiger partial charge is 0.230 e. The van der Waals surface area contributed by atoms with Crippen LogP contribution in [0.25, 0.3) is 0 Å². The van der Waals surface area contributed by atoms with Gasteiger partial charge in [-0.05, 0) is 18.9 Å². The molecule has 17 heavy (non-hydrogen) atoms. The summed E-state index contributed by atoms with van der Waals surface area (Å²) >= 11 is 0. The van der Waals surface area contributed by atoms with Crippen LogP contribution in [0, 0.1) is 0 Å². The number of nitrogens with two attached hydrogens (primary N) is 1. The van der Waals surface area contributed by atoms with Gasteiger partial charge in [-0.15, -0.1) is 0 Å². The third-order valence-electron chi connectivity index (χ3n) is 3.26. The van der Waals surface area contributed by atoms with Gasteiger partial charge in [-0.1, -0.05) is 37.3 Å². The van der Waals surface area contributed by atoms with Crippen molar-refractivity contribution in [2.24, 2.45) is 5.73 Å². The Morgan fingerprint density at radius 1 is 1.35 bits per heavy atom. The molecule has 0 heterocycles. The van der Waals surface area contributed by atoms with Crippen molar-refractivity contribution >= 4 is 5.91 Å². The highest BCUT2D eigenvalue weighted by atomic mass is 16.2. The van der Waals surface area contributed by atoms with Gasteiger partial charge in [0.15, 0.2) is 0 Å². The summed E-state index contributed by atoms with van der Waals surface area (Å²) in [6, 6.07) is 10.0. The van der Waals surface area contributed by atoms with Crippen LogP contribution in [0.15, 0.2) is 30.3 Å². The van der Waals surface area contributed by atoms with E-state index in [4.69, 9.17) is 5.73 Å². The molecular weight excluding hydrogens is 212 g/mol. The average Bonchev–Trinajstić information content (AvgIpc) is 2.38. The second-order valence-electron chi connectivity index (χ2n) is 4.41. The zero-order valence-corrected chi connectivity index (χ0v) is 10.9. The van der Waals surface area contributed by atoms with Gasteiger partial charge in [0, 0.05) is 19.6 Å². The van der Waals surface area contributed by atoms with Crippen molar-refractivity contribution in [2.75, 3.05) is 13.6 Å². The minimum Gasteiger partial charge on any atom is -0.341 e. The first-order valence-corrected chi connectivity index (χ1v) is 6.13. The zero-order valence-electron chi connectivity index (χ0n) is 10.9. The molecule has 3 heteroatoms. The molecule has 0 aliphatic rings. The van der Waals surface area contributed by atoms with E-state index in [2.05, 4.69) is 0 Å². The summed E-state index contributed by atoms with van der Waals surface area (Å²) in [5, 5.41) is 0. The van der Waals surface area contributed by atoms with Crippen LogP contribution in [0.4, 0.5) is 0 Å². The molecule has 0 bridgehead atoms. The molecule has 1 amide bonds. The van der Waals surface area contributed by atoms with Gasteiger partial charge in [0.05, 0.1) is 5.92 Å². The van der Waals surface area contributed by atoms with Crippen molar-refractivity contribution in [1.29, 1.82) is 0 Å². The predicted octanol–water partition coefficient (Wildman–Crippen LogP) is 1.99. The molecule has 0 radical (unpaired) electrons. The van der Waals surface area contributed by atoms with Crippen LogP contribution in [-0.2, 0) is 4.79 Å². The standard InChI is InChI=1S/C14H22N2O/c1-4-13(12-8-6-5-7-9-12)14(17)16(3)11(2)10-15/h5-9,11,13H,4,10,15H2,1-3H3. The van der Waals surface area contributed by atoms with Gasteiger partial charge in [0.1, 0.15) is 0 Å². The van der Waals surface area contributed by atoms with Crippen LogP contribution in [0.1, 0.15) is 31.7 Å². The second-order valence-corrected chi connectivity index (χ2v) is 4.41. The monoisotopic (exact) mass is 234 g/mol. The number of benzene rings is 1. The van der Waals surface area contributed by atoms with E-state index in [9.17, 15) is 4.79 Å². The largest absolute Gasteiger partial charge is 0.341 e. The molecule has 1 aromatic rings. The van der Waals surface area contributed by atoms with Crippen LogP contribution >= 0.6 is 0 Å². The highest BCUT2D eigenvalue weighted by Gasteiger charge is 2.24. The molecule has 0 aromatic heterocycles. The Hall–Kier alpha value is -1.35. The summed E-state index contributed by atoms with van der Waals surface area (Å²) in [6.45, 7) is 4.50. The summed E-state index contributed by atoms with van der Waals surface area (Å²) in [4.78, 5) is 14.1. The molecule has 3 nitrogen and oxygen atoms in total. The lowest BCUT2D eigenvalue weighted by Gasteiger charge is -2.28. The highest BCUT2D eigenvalue weighted by molar-refractivity contribution is 5.83. The van der Waals surface area contributed by atoms with Crippen molar-refractivity contribution in [2.45, 2.75) is 32.2 Å². The fraction of sp³-hybridized carbons (Fsp3) is 0.500. The van der Waals surface area contributed by atoms with E-state index in [-0.39, 0.29) is 17.9 Å². The number of amides is 1. The molecule has 0 aliphatic heterocycles. The minimum atomic E-state index is -0.0600. The zero-order chi connectivity index (χ0) is 12.8. The number of carbonyl (C=O) groups excluding carboxylic acids is 1. The Bertz CT molecular complexity index is 350. The Morgan fingerprint density at radius 2 is 1.94 bits per heavy atom. The van der Waals surface area contributed by atoms with Crippen molar-refractivity contribution in [1.82, 2.24) is 4.90 Å². The fourth-order valence-corrected chi connectivity index (χ4v) is 1.86. The van der Waals surface area contributed by atoms with E-state index in [1.807, 2.05) is 51.2 Å². The number of hydrogen-bond donors (Lipinski definition) is 1. The Kier molecular flexibility index (Phi) is 5.16. The molecule has 2 atom stereocenters. The van der Waals surface area contributed by atoms with Crippen LogP contribution < -0.4 is 5.73 Å². The van der Waals surface area contributed by atoms with Gasteiger partial charge < -0.3 is 10.6 Å². The number of nitrogens with zero attached hydrogens (tertiary/aromatic N) is 1. The lowest BCUT2D eigenvalue weighted by Crippen LogP contribution is -2.42. The van der Waals surface area contributed by atoms with Gasteiger partial charge in [0.25, 0.3) is 0 Å². The molecule has 2 unspecified atom stereocenters. The highest BCUT2D eigenvalue weighted by Crippen LogP contribution is 2.22. The van der Waals surface area contributed by atoms with Gasteiger partial charge in [-0.3, -0.25) is 4.79 Å². The molecule has 0 fully saturated rings. The molecule has 94 valence electrons. The van der Waals surface area contributed by atoms with Gasteiger partial charge >= 0.3 is 0 Å². The lowest BCUT2D eigenvalue weighted by molar-refractivity contribution is -0.133. The Morgan fingerprint density at radius 3 is 2.41 bits per heavy atom. The van der Waals surface area contributed by atoms with Crippen LogP contribution in [-0.4, -0.2) is 30.4 Å². The number of hydrogen-bond acceptors (Lipinski definition) is 2. The average molecular weight is 234 g/mol. The third kappa shape index (κ3) is 3.30. The Balaban J connectivity index is 2.85. The van der Waals surface area contributed by atoms with Crippen LogP contribution in [0.2, 0.25) is 0 Å². The molecule has 1 aromatic carbocycles. The van der Waals surface area contributed by atoms with Crippen molar-refractivity contribution in [3.63, 3.8) is 0 Å². The summed E-state index contributed by atoms with van der Waals surface area (Å²) in [6.07, 6.45) is 0.810. The van der Waals surface area contributed by atoms with Gasteiger partial charge in [-0.2, -0.15) is 0 Å². The molecule has 0 saturated heterocycles. The normalized spacial score (nSPS) is 14.1. The Labute approximate surface area is 104 Å². The molecular formula is C14H22N2O. The third-order valence-corrected chi connectivity index (χ3v) is 3.26. The fourth-order valence-electron chi connectivity index (χ4n) is 1.86. The number of rotatable bonds is 5. The summed E-state index contributed by atoms with van der Waals surface area (Å²) < 4.78 is 0. The SMILES string of the molecule is CCC(C(=O)N(C)C(C)CN)c1ccccc1. The number of carbonyl (C=O) groups is 1. The van der Waals surface area contributed by atoms with Crippen LogP contribution in [0.3, 0.4) is 0 Å². The first-order chi connectivity index (χ1) is 8.11. The van der Waals surface area contributed by atoms with Crippen molar-refractivity contribution in [3.05, 3.63) is 35.9 Å². The quantitative estimate of drug-likeness (QED) is 0.847. The van der Waals surface area contributed by atoms with Gasteiger partial charge in [-0.25, -0.2) is 0 Å². The molecule has 0 aliphatic carbocycles. The van der Waals surface area contributed by atoms with E-state index in [0.29, 0.717) is 6.54 Å². The lowest BCUT2D eigenvalue weighted by atomic mass is 9.95. The molecule has 0 spiro atoms. The summed E-state index contributed by atoms with van der Waals surface area (Å²) in [7, 11) is 1.82. The van der Waals surface area contributed by atoms with E-state index in [1.54, 1.807) is 4.90 Å². The first-order valence-electron chi connectivity index (χ1n) is 6.13. The maximum absolute atomic E-state index is 12.3. The van der Waals surface area contributed by atoms with Crippen molar-refractivity contribution < 1.29 is 4.79 Å². The van der Waals surface area contributed by atoms with E-state index in [1.165, 1.54) is 0 Å². The molecule has 0 saturated carbocycles. The van der Waals surface area contributed by atoms with Crippen molar-refractivity contribution in [3.8, 4) is 0 Å². The molecule has 2 N–H and O–H groups in total. The number of likely N-dealkylation sites (N-methyl/N-ethyl adjacent to an activating group) is 1. The van der Waals surface area contributed by atoms with E-state index >= 15 is 0 Å². The maximum atomic E-state index is 12.3. The molecule has 1 rings (SSSR count). The summed E-state index contributed by atoms with van der Waals surface area (Å²) in [5.41, 5.74) is 6.68. The summed E-state index contributed by atoms with van der Waals surface area (Å²) in [5.74, 6) is 0.0897.